The van der Waals surface area contributed by atoms with E-state index in [0.29, 0.717) is 24.9 Å². The van der Waals surface area contributed by atoms with Crippen LogP contribution in [0.3, 0.4) is 0 Å². The molecule has 1 aliphatic rings. The van der Waals surface area contributed by atoms with Crippen LogP contribution in [0.1, 0.15) is 23.1 Å². The molecule has 2 atom stereocenters. The van der Waals surface area contributed by atoms with Crippen molar-refractivity contribution in [2.24, 2.45) is 5.92 Å². The average Bonchev–Trinajstić information content (AvgIpc) is 2.58. The fraction of sp³-hybridized carbons (Fsp3) is 0.400. The van der Waals surface area contributed by atoms with E-state index in [0.717, 1.165) is 19.2 Å². The first kappa shape index (κ1) is 18.0. The summed E-state index contributed by atoms with van der Waals surface area (Å²) in [5.74, 6) is -0.0547. The molecule has 1 heterocycles. The van der Waals surface area contributed by atoms with E-state index < -0.39 is 17.8 Å². The summed E-state index contributed by atoms with van der Waals surface area (Å²) in [6.07, 6.45) is -3.70. The standard InChI is InChI=1S/C20H22F3NO/c21-20(22,23)18-8-4-7-16(12-18)11-17-14-24(10-9-19(17)25)13-15-5-2-1-3-6-15/h1-8,12,17,19,25H,9-11,13-14H2. The first-order valence-electron chi connectivity index (χ1n) is 8.52. The van der Waals surface area contributed by atoms with Gasteiger partial charge in [-0.2, -0.15) is 13.2 Å². The number of alkyl halides is 3. The zero-order chi connectivity index (χ0) is 17.9. The van der Waals surface area contributed by atoms with Gasteiger partial charge in [-0.1, -0.05) is 48.5 Å². The van der Waals surface area contributed by atoms with Crippen molar-refractivity contribution in [3.05, 3.63) is 71.3 Å². The fourth-order valence-corrected chi connectivity index (χ4v) is 3.46. The second kappa shape index (κ2) is 7.58. The molecule has 0 saturated carbocycles. The molecule has 1 fully saturated rings. The molecule has 0 amide bonds. The molecular formula is C20H22F3NO. The van der Waals surface area contributed by atoms with Crippen molar-refractivity contribution >= 4 is 0 Å². The number of benzene rings is 2. The van der Waals surface area contributed by atoms with Crippen molar-refractivity contribution in [2.45, 2.75) is 31.7 Å². The number of hydrogen-bond acceptors (Lipinski definition) is 2. The smallest absolute Gasteiger partial charge is 0.393 e. The summed E-state index contributed by atoms with van der Waals surface area (Å²) < 4.78 is 38.6. The van der Waals surface area contributed by atoms with E-state index in [1.165, 1.54) is 17.7 Å². The summed E-state index contributed by atoms with van der Waals surface area (Å²) in [7, 11) is 0. The van der Waals surface area contributed by atoms with Gasteiger partial charge in [-0.15, -0.1) is 0 Å². The number of aliphatic hydroxyl groups excluding tert-OH is 1. The third-order valence-electron chi connectivity index (χ3n) is 4.78. The number of aliphatic hydroxyl groups is 1. The third-order valence-corrected chi connectivity index (χ3v) is 4.78. The number of hydrogen-bond donors (Lipinski definition) is 1. The molecule has 0 spiro atoms. The van der Waals surface area contributed by atoms with Crippen LogP contribution in [0.4, 0.5) is 13.2 Å². The summed E-state index contributed by atoms with van der Waals surface area (Å²) in [5.41, 5.74) is 1.20. The van der Waals surface area contributed by atoms with E-state index in [1.54, 1.807) is 6.07 Å². The normalized spacial score (nSPS) is 22.1. The Morgan fingerprint density at radius 1 is 1.00 bits per heavy atom. The maximum atomic E-state index is 12.9. The number of nitrogens with zero attached hydrogens (tertiary/aromatic N) is 1. The Labute approximate surface area is 145 Å². The summed E-state index contributed by atoms with van der Waals surface area (Å²) in [4.78, 5) is 2.26. The van der Waals surface area contributed by atoms with Gasteiger partial charge in [0.15, 0.2) is 0 Å². The van der Waals surface area contributed by atoms with E-state index in [1.807, 2.05) is 18.2 Å². The second-order valence-electron chi connectivity index (χ2n) is 6.74. The summed E-state index contributed by atoms with van der Waals surface area (Å²) >= 11 is 0. The van der Waals surface area contributed by atoms with Crippen molar-refractivity contribution in [3.8, 4) is 0 Å². The maximum absolute atomic E-state index is 12.9. The molecule has 134 valence electrons. The van der Waals surface area contributed by atoms with Crippen LogP contribution in [0.15, 0.2) is 54.6 Å². The average molecular weight is 349 g/mol. The van der Waals surface area contributed by atoms with Gasteiger partial charge in [-0.05, 0) is 30.0 Å². The molecule has 2 aromatic carbocycles. The molecule has 2 nitrogen and oxygen atoms in total. The summed E-state index contributed by atoms with van der Waals surface area (Å²) in [6.45, 7) is 2.29. The van der Waals surface area contributed by atoms with Crippen LogP contribution in [0, 0.1) is 5.92 Å². The summed E-state index contributed by atoms with van der Waals surface area (Å²) in [6, 6.07) is 15.5. The lowest BCUT2D eigenvalue weighted by atomic mass is 9.88. The van der Waals surface area contributed by atoms with Crippen molar-refractivity contribution in [1.82, 2.24) is 4.90 Å². The van der Waals surface area contributed by atoms with Gasteiger partial charge in [0, 0.05) is 25.6 Å². The molecule has 1 N–H and O–H groups in total. The van der Waals surface area contributed by atoms with Crippen LogP contribution in [0.25, 0.3) is 0 Å². The highest BCUT2D eigenvalue weighted by Crippen LogP contribution is 2.31. The van der Waals surface area contributed by atoms with Crippen molar-refractivity contribution in [2.75, 3.05) is 13.1 Å². The number of piperidine rings is 1. The lowest BCUT2D eigenvalue weighted by Crippen LogP contribution is -2.43. The summed E-state index contributed by atoms with van der Waals surface area (Å²) in [5, 5.41) is 10.3. The van der Waals surface area contributed by atoms with E-state index in [-0.39, 0.29) is 5.92 Å². The van der Waals surface area contributed by atoms with E-state index in [2.05, 4.69) is 17.0 Å². The van der Waals surface area contributed by atoms with Crippen LogP contribution < -0.4 is 0 Å². The molecule has 3 rings (SSSR count). The highest BCUT2D eigenvalue weighted by molar-refractivity contribution is 5.26. The molecule has 2 unspecified atom stereocenters. The lowest BCUT2D eigenvalue weighted by Gasteiger charge is -2.36. The van der Waals surface area contributed by atoms with Gasteiger partial charge in [0.2, 0.25) is 0 Å². The first-order chi connectivity index (χ1) is 11.9. The highest BCUT2D eigenvalue weighted by Gasteiger charge is 2.32. The molecule has 0 radical (unpaired) electrons. The Bertz CT molecular complexity index is 687. The van der Waals surface area contributed by atoms with Gasteiger partial charge in [0.05, 0.1) is 11.7 Å². The van der Waals surface area contributed by atoms with Gasteiger partial charge in [0.25, 0.3) is 0 Å². The Balaban J connectivity index is 1.66. The van der Waals surface area contributed by atoms with Gasteiger partial charge in [0.1, 0.15) is 0 Å². The molecule has 0 bridgehead atoms. The Hall–Kier alpha value is -1.85. The van der Waals surface area contributed by atoms with Crippen LogP contribution in [-0.4, -0.2) is 29.2 Å². The SMILES string of the molecule is OC1CCN(Cc2ccccc2)CC1Cc1cccc(C(F)(F)F)c1. The van der Waals surface area contributed by atoms with Crippen LogP contribution >= 0.6 is 0 Å². The number of rotatable bonds is 4. The zero-order valence-electron chi connectivity index (χ0n) is 13.9. The topological polar surface area (TPSA) is 23.5 Å². The van der Waals surface area contributed by atoms with Gasteiger partial charge in [-0.3, -0.25) is 4.90 Å². The zero-order valence-corrected chi connectivity index (χ0v) is 13.9. The van der Waals surface area contributed by atoms with Gasteiger partial charge in [-0.25, -0.2) is 0 Å². The molecule has 1 saturated heterocycles. The van der Waals surface area contributed by atoms with Crippen LogP contribution in [0.2, 0.25) is 0 Å². The Kier molecular flexibility index (Phi) is 5.45. The van der Waals surface area contributed by atoms with Crippen molar-refractivity contribution in [1.29, 1.82) is 0 Å². The fourth-order valence-electron chi connectivity index (χ4n) is 3.46. The van der Waals surface area contributed by atoms with Gasteiger partial charge >= 0.3 is 6.18 Å². The second-order valence-corrected chi connectivity index (χ2v) is 6.74. The monoisotopic (exact) mass is 349 g/mol. The van der Waals surface area contributed by atoms with Crippen LogP contribution in [0.5, 0.6) is 0 Å². The van der Waals surface area contributed by atoms with Crippen molar-refractivity contribution in [3.63, 3.8) is 0 Å². The first-order valence-corrected chi connectivity index (χ1v) is 8.52. The lowest BCUT2D eigenvalue weighted by molar-refractivity contribution is -0.137. The number of likely N-dealkylation sites (tertiary alicyclic amines) is 1. The highest BCUT2D eigenvalue weighted by atomic mass is 19.4. The predicted octanol–water partition coefficient (Wildman–Crippen LogP) is 4.13. The largest absolute Gasteiger partial charge is 0.416 e. The van der Waals surface area contributed by atoms with Gasteiger partial charge < -0.3 is 5.11 Å². The Morgan fingerprint density at radius 3 is 2.44 bits per heavy atom. The van der Waals surface area contributed by atoms with E-state index >= 15 is 0 Å². The van der Waals surface area contributed by atoms with Crippen LogP contribution in [-0.2, 0) is 19.1 Å². The van der Waals surface area contributed by atoms with E-state index in [9.17, 15) is 18.3 Å². The Morgan fingerprint density at radius 2 is 1.72 bits per heavy atom. The molecule has 5 heteroatoms. The molecule has 2 aromatic rings. The minimum absolute atomic E-state index is 0.0547. The maximum Gasteiger partial charge on any atom is 0.416 e. The molecule has 1 aliphatic heterocycles. The number of halogens is 3. The predicted molar refractivity (Wildman–Crippen MR) is 91.0 cm³/mol. The molecule has 0 aliphatic carbocycles. The quantitative estimate of drug-likeness (QED) is 0.897. The molecule has 0 aromatic heterocycles. The van der Waals surface area contributed by atoms with E-state index in [4.69, 9.17) is 0 Å². The molecular weight excluding hydrogens is 327 g/mol. The minimum atomic E-state index is -4.33. The van der Waals surface area contributed by atoms with Crippen molar-refractivity contribution < 1.29 is 18.3 Å². The third kappa shape index (κ3) is 4.83. The molecule has 25 heavy (non-hydrogen) atoms. The minimum Gasteiger partial charge on any atom is -0.393 e.